The second kappa shape index (κ2) is 9.71. The molecule has 0 aromatic carbocycles. The van der Waals surface area contributed by atoms with Crippen LogP contribution in [0.3, 0.4) is 0 Å². The first kappa shape index (κ1) is 22.6. The molecule has 1 saturated carbocycles. The highest BCUT2D eigenvalue weighted by molar-refractivity contribution is 5.80. The Bertz CT molecular complexity index is 477. The fourth-order valence-corrected chi connectivity index (χ4v) is 4.03. The van der Waals surface area contributed by atoms with Crippen molar-refractivity contribution >= 4 is 5.97 Å². The molecule has 0 unspecified atom stereocenters. The third kappa shape index (κ3) is 5.91. The molecule has 1 aliphatic heterocycles. The molecule has 0 spiro atoms. The normalized spacial score (nSPS) is 37.3. The van der Waals surface area contributed by atoms with Gasteiger partial charge in [-0.05, 0) is 58.3 Å². The van der Waals surface area contributed by atoms with Crippen LogP contribution in [0.2, 0.25) is 0 Å². The Kier molecular flexibility index (Phi) is 8.14. The van der Waals surface area contributed by atoms with Crippen LogP contribution in [-0.4, -0.2) is 42.3 Å². The lowest BCUT2D eigenvalue weighted by Gasteiger charge is -2.37. The lowest BCUT2D eigenvalue weighted by Crippen LogP contribution is -2.44. The molecule has 7 atom stereocenters. The zero-order chi connectivity index (χ0) is 20.2. The van der Waals surface area contributed by atoms with E-state index in [1.807, 2.05) is 13.8 Å². The third-order valence-corrected chi connectivity index (χ3v) is 6.74. The topological polar surface area (TPSA) is 65.0 Å². The Morgan fingerprint density at radius 1 is 1.30 bits per heavy atom. The van der Waals surface area contributed by atoms with Crippen molar-refractivity contribution in [3.05, 3.63) is 0 Å². The summed E-state index contributed by atoms with van der Waals surface area (Å²) in [5.41, 5.74) is -0.307. The summed E-state index contributed by atoms with van der Waals surface area (Å²) in [5.74, 6) is 1.02. The number of aliphatic hydroxyl groups excluding tert-OH is 1. The molecule has 158 valence electrons. The molecule has 1 heterocycles. The van der Waals surface area contributed by atoms with Crippen molar-refractivity contribution in [1.82, 2.24) is 0 Å². The molecule has 2 rings (SSSR count). The molecule has 2 aliphatic rings. The standard InChI is InChI=1S/C22H40O5/c1-7-17(8-2)13-25-21(24)22(6)12-18(22)10-9-15(4)26-20-14(3)11-19(23)16(5)27-20/h14-20,23H,7-13H2,1-6H3/t14-,15-,16+,18+,19-,20-,22-/m1/s1. The maximum absolute atomic E-state index is 12.4. The van der Waals surface area contributed by atoms with E-state index in [1.165, 1.54) is 0 Å². The summed E-state index contributed by atoms with van der Waals surface area (Å²) < 4.78 is 17.5. The van der Waals surface area contributed by atoms with E-state index in [0.717, 1.165) is 32.1 Å². The van der Waals surface area contributed by atoms with Crippen LogP contribution in [0.1, 0.15) is 80.1 Å². The van der Waals surface area contributed by atoms with Gasteiger partial charge in [0.1, 0.15) is 0 Å². The molecule has 0 aromatic rings. The summed E-state index contributed by atoms with van der Waals surface area (Å²) in [6.45, 7) is 12.9. The number of esters is 1. The SMILES string of the molecule is CCC(CC)COC(=O)[C@]1(C)C[C@@H]1CC[C@@H](C)O[C@@H]1O[C@@H](C)[C@H](O)C[C@H]1C. The van der Waals surface area contributed by atoms with Gasteiger partial charge in [-0.25, -0.2) is 0 Å². The van der Waals surface area contributed by atoms with E-state index >= 15 is 0 Å². The van der Waals surface area contributed by atoms with Gasteiger partial charge in [-0.3, -0.25) is 4.79 Å². The van der Waals surface area contributed by atoms with Crippen molar-refractivity contribution in [3.63, 3.8) is 0 Å². The Morgan fingerprint density at radius 3 is 2.59 bits per heavy atom. The van der Waals surface area contributed by atoms with E-state index in [2.05, 4.69) is 27.7 Å². The summed E-state index contributed by atoms with van der Waals surface area (Å²) in [6, 6.07) is 0. The van der Waals surface area contributed by atoms with E-state index < -0.39 is 6.10 Å². The molecule has 0 aromatic heterocycles. The van der Waals surface area contributed by atoms with E-state index in [-0.39, 0.29) is 35.8 Å². The maximum Gasteiger partial charge on any atom is 0.312 e. The van der Waals surface area contributed by atoms with Gasteiger partial charge in [-0.15, -0.1) is 0 Å². The third-order valence-electron chi connectivity index (χ3n) is 6.74. The molecular weight excluding hydrogens is 344 g/mol. The first-order chi connectivity index (χ1) is 12.7. The fourth-order valence-electron chi connectivity index (χ4n) is 4.03. The van der Waals surface area contributed by atoms with Crippen molar-refractivity contribution in [2.24, 2.45) is 23.2 Å². The molecule has 0 radical (unpaired) electrons. The lowest BCUT2D eigenvalue weighted by atomic mass is 9.96. The second-order valence-electron chi connectivity index (χ2n) is 9.11. The molecule has 1 N–H and O–H groups in total. The van der Waals surface area contributed by atoms with Gasteiger partial charge in [0.05, 0.1) is 30.3 Å². The Morgan fingerprint density at radius 2 is 1.96 bits per heavy atom. The van der Waals surface area contributed by atoms with E-state index in [1.54, 1.807) is 0 Å². The van der Waals surface area contributed by atoms with Gasteiger partial charge >= 0.3 is 5.97 Å². The van der Waals surface area contributed by atoms with Crippen LogP contribution >= 0.6 is 0 Å². The Balaban J connectivity index is 1.70. The van der Waals surface area contributed by atoms with Gasteiger partial charge in [-0.1, -0.05) is 33.6 Å². The number of carbonyl (C=O) groups is 1. The van der Waals surface area contributed by atoms with E-state index in [4.69, 9.17) is 14.2 Å². The molecular formula is C22H40O5. The number of hydrogen-bond acceptors (Lipinski definition) is 5. The van der Waals surface area contributed by atoms with Gasteiger partial charge in [-0.2, -0.15) is 0 Å². The molecule has 1 aliphatic carbocycles. The van der Waals surface area contributed by atoms with Gasteiger partial charge < -0.3 is 19.3 Å². The zero-order valence-corrected chi connectivity index (χ0v) is 18.1. The minimum atomic E-state index is -0.409. The van der Waals surface area contributed by atoms with Crippen LogP contribution in [0.15, 0.2) is 0 Å². The first-order valence-corrected chi connectivity index (χ1v) is 10.9. The number of hydrogen-bond donors (Lipinski definition) is 1. The number of rotatable bonds is 10. The van der Waals surface area contributed by atoms with Crippen LogP contribution in [-0.2, 0) is 19.0 Å². The maximum atomic E-state index is 12.4. The summed E-state index contributed by atoms with van der Waals surface area (Å²) in [6.07, 6.45) is 4.83. The highest BCUT2D eigenvalue weighted by Crippen LogP contribution is 2.55. The smallest absolute Gasteiger partial charge is 0.312 e. The fraction of sp³-hybridized carbons (Fsp3) is 0.955. The molecule has 1 saturated heterocycles. The molecule has 0 bridgehead atoms. The zero-order valence-electron chi connectivity index (χ0n) is 18.1. The van der Waals surface area contributed by atoms with Crippen LogP contribution in [0.4, 0.5) is 0 Å². The summed E-state index contributed by atoms with van der Waals surface area (Å²) in [5, 5.41) is 9.88. The first-order valence-electron chi connectivity index (χ1n) is 10.9. The molecule has 27 heavy (non-hydrogen) atoms. The number of carbonyl (C=O) groups excluding carboxylic acids is 1. The lowest BCUT2D eigenvalue weighted by molar-refractivity contribution is -0.255. The molecule has 2 fully saturated rings. The summed E-state index contributed by atoms with van der Waals surface area (Å²) >= 11 is 0. The number of aliphatic hydroxyl groups is 1. The second-order valence-corrected chi connectivity index (χ2v) is 9.11. The monoisotopic (exact) mass is 384 g/mol. The van der Waals surface area contributed by atoms with Gasteiger partial charge in [0.15, 0.2) is 6.29 Å². The highest BCUT2D eigenvalue weighted by Gasteiger charge is 2.56. The van der Waals surface area contributed by atoms with Crippen LogP contribution in [0.25, 0.3) is 0 Å². The molecule has 5 nitrogen and oxygen atoms in total. The predicted octanol–water partition coefficient (Wildman–Crippen LogP) is 4.31. The van der Waals surface area contributed by atoms with Crippen molar-refractivity contribution in [2.45, 2.75) is 105 Å². The average molecular weight is 385 g/mol. The minimum absolute atomic E-state index is 0.0278. The van der Waals surface area contributed by atoms with E-state index in [9.17, 15) is 9.90 Å². The van der Waals surface area contributed by atoms with Gasteiger partial charge in [0.2, 0.25) is 0 Å². The number of ether oxygens (including phenoxy) is 3. The molecule has 0 amide bonds. The largest absolute Gasteiger partial charge is 0.465 e. The van der Waals surface area contributed by atoms with Crippen molar-refractivity contribution in [3.8, 4) is 0 Å². The Labute approximate surface area is 165 Å². The Hall–Kier alpha value is -0.650. The van der Waals surface area contributed by atoms with Crippen molar-refractivity contribution < 1.29 is 24.1 Å². The minimum Gasteiger partial charge on any atom is -0.465 e. The van der Waals surface area contributed by atoms with Crippen molar-refractivity contribution in [1.29, 1.82) is 0 Å². The molecule has 5 heteroatoms. The van der Waals surface area contributed by atoms with Crippen LogP contribution < -0.4 is 0 Å². The highest BCUT2D eigenvalue weighted by atomic mass is 16.7. The summed E-state index contributed by atoms with van der Waals surface area (Å²) in [4.78, 5) is 12.4. The van der Waals surface area contributed by atoms with Gasteiger partial charge in [0.25, 0.3) is 0 Å². The summed E-state index contributed by atoms with van der Waals surface area (Å²) in [7, 11) is 0. The van der Waals surface area contributed by atoms with Crippen LogP contribution in [0.5, 0.6) is 0 Å². The predicted molar refractivity (Wildman–Crippen MR) is 105 cm³/mol. The van der Waals surface area contributed by atoms with Crippen LogP contribution in [0, 0.1) is 23.2 Å². The average Bonchev–Trinajstić information content (AvgIpc) is 3.30. The van der Waals surface area contributed by atoms with Gasteiger partial charge in [0, 0.05) is 5.92 Å². The van der Waals surface area contributed by atoms with E-state index in [0.29, 0.717) is 24.9 Å². The van der Waals surface area contributed by atoms with Crippen molar-refractivity contribution in [2.75, 3.05) is 6.61 Å². The quantitative estimate of drug-likeness (QED) is 0.569.